The molecule has 9 heteroatoms. The molecule has 0 bridgehead atoms. The molecule has 0 radical (unpaired) electrons. The fourth-order valence-corrected chi connectivity index (χ4v) is 1.13. The van der Waals surface area contributed by atoms with Crippen molar-refractivity contribution in [1.82, 2.24) is 5.43 Å². The van der Waals surface area contributed by atoms with Crippen molar-refractivity contribution in [3.05, 3.63) is 41.4 Å². The molecule has 0 heterocycles. The molecule has 6 N–H and O–H groups in total. The van der Waals surface area contributed by atoms with Crippen molar-refractivity contribution in [2.24, 2.45) is 11.6 Å². The number of aliphatic carboxylic acids is 1. The number of hydrazine groups is 1. The maximum absolute atomic E-state index is 12.3. The van der Waals surface area contributed by atoms with Crippen molar-refractivity contribution in [3.63, 3.8) is 0 Å². The molecular weight excluding hydrogens is 267 g/mol. The summed E-state index contributed by atoms with van der Waals surface area (Å²) in [5.74, 6) is 2.82. The van der Waals surface area contributed by atoms with Gasteiger partial charge in [0.15, 0.2) is 5.70 Å². The zero-order valence-electron chi connectivity index (χ0n) is 9.36. The highest BCUT2D eigenvalue weighted by Gasteiger charge is 2.30. The minimum absolute atomic E-state index is 0.0560. The summed E-state index contributed by atoms with van der Waals surface area (Å²) < 4.78 is 41.7. The number of carboxylic acids is 1. The van der Waals surface area contributed by atoms with E-state index in [4.69, 9.17) is 21.4 Å². The SMILES string of the molecule is NN/C(C(=O)O)=C(\N)Oc1ccc(C(F)(F)F)cc1. The number of ether oxygens (including phenoxy) is 1. The molecule has 0 amide bonds. The highest BCUT2D eigenvalue weighted by atomic mass is 19.4. The average Bonchev–Trinajstić information content (AvgIpc) is 2.28. The van der Waals surface area contributed by atoms with Gasteiger partial charge in [0.2, 0.25) is 5.88 Å². The number of hydrogen-bond donors (Lipinski definition) is 4. The monoisotopic (exact) mass is 277 g/mol. The van der Waals surface area contributed by atoms with Crippen LogP contribution >= 0.6 is 0 Å². The van der Waals surface area contributed by atoms with E-state index in [1.807, 2.05) is 5.43 Å². The van der Waals surface area contributed by atoms with E-state index in [1.54, 1.807) is 0 Å². The Kier molecular flexibility index (Phi) is 4.22. The van der Waals surface area contributed by atoms with E-state index in [9.17, 15) is 18.0 Å². The molecule has 0 atom stereocenters. The van der Waals surface area contributed by atoms with Gasteiger partial charge in [-0.05, 0) is 24.3 Å². The standard InChI is InChI=1S/C10H10F3N3O3/c11-10(12,13)5-1-3-6(4-2-5)19-8(14)7(16-15)9(17)18/h1-4,16H,14-15H2,(H,17,18)/b8-7+. The van der Waals surface area contributed by atoms with E-state index < -0.39 is 29.3 Å². The van der Waals surface area contributed by atoms with Gasteiger partial charge in [0.25, 0.3) is 0 Å². The van der Waals surface area contributed by atoms with Crippen LogP contribution < -0.4 is 21.7 Å². The molecule has 0 fully saturated rings. The Hall–Kier alpha value is -2.42. The number of carbonyl (C=O) groups is 1. The largest absolute Gasteiger partial charge is 0.476 e. The van der Waals surface area contributed by atoms with Crippen molar-refractivity contribution in [2.75, 3.05) is 0 Å². The fourth-order valence-electron chi connectivity index (χ4n) is 1.13. The second-order valence-electron chi connectivity index (χ2n) is 3.31. The van der Waals surface area contributed by atoms with Crippen LogP contribution in [0.1, 0.15) is 5.56 Å². The van der Waals surface area contributed by atoms with E-state index in [0.29, 0.717) is 0 Å². The van der Waals surface area contributed by atoms with E-state index >= 15 is 0 Å². The van der Waals surface area contributed by atoms with Gasteiger partial charge in [-0.2, -0.15) is 13.2 Å². The van der Waals surface area contributed by atoms with Gasteiger partial charge >= 0.3 is 12.1 Å². The highest BCUT2D eigenvalue weighted by molar-refractivity contribution is 5.86. The van der Waals surface area contributed by atoms with Crippen molar-refractivity contribution in [2.45, 2.75) is 6.18 Å². The molecule has 0 spiro atoms. The lowest BCUT2D eigenvalue weighted by molar-refractivity contribution is -0.137. The van der Waals surface area contributed by atoms with Crippen LogP contribution in [-0.2, 0) is 11.0 Å². The summed E-state index contributed by atoms with van der Waals surface area (Å²) >= 11 is 0. The second kappa shape index (κ2) is 5.48. The van der Waals surface area contributed by atoms with Crippen LogP contribution in [0.4, 0.5) is 13.2 Å². The molecule has 1 rings (SSSR count). The van der Waals surface area contributed by atoms with E-state index in [-0.39, 0.29) is 5.75 Å². The topological polar surface area (TPSA) is 111 Å². The van der Waals surface area contributed by atoms with E-state index in [0.717, 1.165) is 24.3 Å². The Morgan fingerprint density at radius 2 is 1.79 bits per heavy atom. The Morgan fingerprint density at radius 1 is 1.26 bits per heavy atom. The summed E-state index contributed by atoms with van der Waals surface area (Å²) in [5, 5.41) is 8.66. The van der Waals surface area contributed by atoms with Crippen molar-refractivity contribution >= 4 is 5.97 Å². The molecule has 0 aromatic heterocycles. The first-order chi connectivity index (χ1) is 8.75. The van der Waals surface area contributed by atoms with Gasteiger partial charge in [0.1, 0.15) is 5.75 Å². The number of halogens is 3. The molecular formula is C10H10F3N3O3. The number of nitrogens with two attached hydrogens (primary N) is 2. The third-order valence-electron chi connectivity index (χ3n) is 2.01. The molecule has 104 valence electrons. The lowest BCUT2D eigenvalue weighted by atomic mass is 10.2. The number of benzene rings is 1. The van der Waals surface area contributed by atoms with Gasteiger partial charge in [0.05, 0.1) is 5.56 Å². The normalized spacial score (nSPS) is 12.6. The number of hydrogen-bond acceptors (Lipinski definition) is 5. The van der Waals surface area contributed by atoms with Crippen LogP contribution in [0, 0.1) is 0 Å². The number of carboxylic acid groups (broad SMARTS) is 1. The van der Waals surface area contributed by atoms with E-state index in [2.05, 4.69) is 0 Å². The van der Waals surface area contributed by atoms with Gasteiger partial charge in [-0.3, -0.25) is 5.84 Å². The lowest BCUT2D eigenvalue weighted by Gasteiger charge is -2.10. The van der Waals surface area contributed by atoms with Crippen LogP contribution in [0.25, 0.3) is 0 Å². The summed E-state index contributed by atoms with van der Waals surface area (Å²) in [5.41, 5.74) is 5.63. The maximum atomic E-state index is 12.3. The zero-order valence-corrected chi connectivity index (χ0v) is 9.36. The van der Waals surface area contributed by atoms with Gasteiger partial charge < -0.3 is 21.0 Å². The number of nitrogens with one attached hydrogen (secondary N) is 1. The molecule has 1 aromatic rings. The van der Waals surface area contributed by atoms with E-state index in [1.165, 1.54) is 0 Å². The summed E-state index contributed by atoms with van der Waals surface area (Å²) in [4.78, 5) is 10.6. The summed E-state index contributed by atoms with van der Waals surface area (Å²) in [6, 6.07) is 3.56. The van der Waals surface area contributed by atoms with Gasteiger partial charge in [-0.15, -0.1) is 0 Å². The number of rotatable bonds is 4. The molecule has 0 aliphatic carbocycles. The molecule has 0 aliphatic heterocycles. The Morgan fingerprint density at radius 3 is 2.16 bits per heavy atom. The van der Waals surface area contributed by atoms with Crippen molar-refractivity contribution in [1.29, 1.82) is 0 Å². The zero-order chi connectivity index (χ0) is 14.6. The van der Waals surface area contributed by atoms with Crippen LogP contribution in [-0.4, -0.2) is 11.1 Å². The molecule has 0 aliphatic rings. The minimum atomic E-state index is -4.47. The fraction of sp³-hybridized carbons (Fsp3) is 0.100. The third kappa shape index (κ3) is 3.78. The summed E-state index contributed by atoms with van der Waals surface area (Å²) in [6.07, 6.45) is -4.47. The molecule has 6 nitrogen and oxygen atoms in total. The van der Waals surface area contributed by atoms with Crippen molar-refractivity contribution in [3.8, 4) is 5.75 Å². The molecule has 19 heavy (non-hydrogen) atoms. The first-order valence-corrected chi connectivity index (χ1v) is 4.80. The van der Waals surface area contributed by atoms with Crippen LogP contribution in [0.3, 0.4) is 0 Å². The Labute approximate surface area is 105 Å². The van der Waals surface area contributed by atoms with Gasteiger partial charge in [-0.1, -0.05) is 0 Å². The van der Waals surface area contributed by atoms with Crippen molar-refractivity contribution < 1.29 is 27.8 Å². The quantitative estimate of drug-likeness (QED) is 0.280. The second-order valence-corrected chi connectivity index (χ2v) is 3.31. The molecule has 1 aromatic carbocycles. The first kappa shape index (κ1) is 14.6. The summed E-state index contributed by atoms with van der Waals surface area (Å²) in [6.45, 7) is 0. The highest BCUT2D eigenvalue weighted by Crippen LogP contribution is 2.30. The number of alkyl halides is 3. The van der Waals surface area contributed by atoms with Crippen LogP contribution in [0.5, 0.6) is 5.75 Å². The smallest absolute Gasteiger partial charge is 0.416 e. The van der Waals surface area contributed by atoms with Gasteiger partial charge in [0, 0.05) is 0 Å². The average molecular weight is 277 g/mol. The molecule has 0 unspecified atom stereocenters. The summed E-state index contributed by atoms with van der Waals surface area (Å²) in [7, 11) is 0. The Bertz CT molecular complexity index is 497. The maximum Gasteiger partial charge on any atom is 0.416 e. The predicted molar refractivity (Wildman–Crippen MR) is 58.2 cm³/mol. The van der Waals surface area contributed by atoms with Gasteiger partial charge in [-0.25, -0.2) is 4.79 Å². The lowest BCUT2D eigenvalue weighted by Crippen LogP contribution is -2.31. The van der Waals surface area contributed by atoms with Crippen LogP contribution in [0.15, 0.2) is 35.8 Å². The minimum Gasteiger partial charge on any atom is -0.476 e. The Balaban J connectivity index is 2.93. The molecule has 0 saturated carbocycles. The third-order valence-corrected chi connectivity index (χ3v) is 2.01. The van der Waals surface area contributed by atoms with Crippen LogP contribution in [0.2, 0.25) is 0 Å². The first-order valence-electron chi connectivity index (χ1n) is 4.80. The predicted octanol–water partition coefficient (Wildman–Crippen LogP) is 0.760. The molecule has 0 saturated heterocycles.